The van der Waals surface area contributed by atoms with Crippen LogP contribution in [0.3, 0.4) is 0 Å². The third kappa shape index (κ3) is 4.63. The Morgan fingerprint density at radius 2 is 1.81 bits per heavy atom. The number of aliphatic hydroxyl groups excluding tert-OH is 1. The molecule has 118 valence electrons. The standard InChI is InChI=1S/C16H27N3O2/c1-6-19(12(2)3)15-9-7-14(8-10-15)17-16(21)18(5)13(4)11-20/h7-10,12-13,20H,6,11H2,1-5H3,(H,17,21). The largest absolute Gasteiger partial charge is 0.394 e. The predicted octanol–water partition coefficient (Wildman–Crippen LogP) is 2.77. The van der Waals surface area contributed by atoms with Crippen LogP contribution in [0.15, 0.2) is 24.3 Å². The van der Waals surface area contributed by atoms with Crippen LogP contribution < -0.4 is 10.2 Å². The smallest absolute Gasteiger partial charge is 0.321 e. The SMILES string of the molecule is CCN(c1ccc(NC(=O)N(C)C(C)CO)cc1)C(C)C. The van der Waals surface area contributed by atoms with Gasteiger partial charge in [-0.15, -0.1) is 0 Å². The van der Waals surface area contributed by atoms with E-state index in [1.807, 2.05) is 24.3 Å². The molecule has 0 bridgehead atoms. The lowest BCUT2D eigenvalue weighted by atomic mass is 10.2. The van der Waals surface area contributed by atoms with Gasteiger partial charge in [0.25, 0.3) is 0 Å². The lowest BCUT2D eigenvalue weighted by Crippen LogP contribution is -2.40. The third-order valence-electron chi connectivity index (χ3n) is 3.66. The molecular formula is C16H27N3O2. The van der Waals surface area contributed by atoms with E-state index in [0.29, 0.717) is 6.04 Å². The predicted molar refractivity (Wildman–Crippen MR) is 87.9 cm³/mol. The summed E-state index contributed by atoms with van der Waals surface area (Å²) in [6.07, 6.45) is 0. The first-order valence-electron chi connectivity index (χ1n) is 7.42. The molecular weight excluding hydrogens is 266 g/mol. The fourth-order valence-electron chi connectivity index (χ4n) is 2.12. The second kappa shape index (κ2) is 7.88. The molecule has 0 aliphatic heterocycles. The van der Waals surface area contributed by atoms with Gasteiger partial charge in [0.2, 0.25) is 0 Å². The summed E-state index contributed by atoms with van der Waals surface area (Å²) in [4.78, 5) is 15.8. The third-order valence-corrected chi connectivity index (χ3v) is 3.66. The fraction of sp³-hybridized carbons (Fsp3) is 0.562. The average Bonchev–Trinajstić information content (AvgIpc) is 2.47. The molecule has 1 aromatic carbocycles. The Morgan fingerprint density at radius 3 is 2.24 bits per heavy atom. The van der Waals surface area contributed by atoms with E-state index in [2.05, 4.69) is 31.0 Å². The molecule has 0 heterocycles. The summed E-state index contributed by atoms with van der Waals surface area (Å²) in [5.41, 5.74) is 1.89. The first-order chi connectivity index (χ1) is 9.90. The van der Waals surface area contributed by atoms with E-state index < -0.39 is 0 Å². The molecule has 2 N–H and O–H groups in total. The minimum absolute atomic E-state index is 0.0529. The summed E-state index contributed by atoms with van der Waals surface area (Å²) in [5.74, 6) is 0. The number of carbonyl (C=O) groups is 1. The lowest BCUT2D eigenvalue weighted by Gasteiger charge is -2.28. The molecule has 0 aliphatic rings. The Labute approximate surface area is 127 Å². The Hall–Kier alpha value is -1.75. The monoisotopic (exact) mass is 293 g/mol. The fourth-order valence-corrected chi connectivity index (χ4v) is 2.12. The van der Waals surface area contributed by atoms with Gasteiger partial charge in [-0.25, -0.2) is 4.79 Å². The topological polar surface area (TPSA) is 55.8 Å². The highest BCUT2D eigenvalue weighted by molar-refractivity contribution is 5.89. The van der Waals surface area contributed by atoms with E-state index in [1.54, 1.807) is 14.0 Å². The van der Waals surface area contributed by atoms with Crippen molar-refractivity contribution in [1.29, 1.82) is 0 Å². The van der Waals surface area contributed by atoms with Crippen molar-refractivity contribution in [1.82, 2.24) is 4.90 Å². The van der Waals surface area contributed by atoms with Gasteiger partial charge in [0, 0.05) is 31.0 Å². The number of amides is 2. The summed E-state index contributed by atoms with van der Waals surface area (Å²) in [6.45, 7) is 9.13. The van der Waals surface area contributed by atoms with Crippen LogP contribution in [0, 0.1) is 0 Å². The van der Waals surface area contributed by atoms with Crippen molar-refractivity contribution < 1.29 is 9.90 Å². The van der Waals surface area contributed by atoms with Crippen molar-refractivity contribution in [2.24, 2.45) is 0 Å². The van der Waals surface area contributed by atoms with Crippen molar-refractivity contribution in [3.8, 4) is 0 Å². The molecule has 0 aromatic heterocycles. The summed E-state index contributed by atoms with van der Waals surface area (Å²) < 4.78 is 0. The molecule has 0 saturated carbocycles. The molecule has 0 spiro atoms. The maximum atomic E-state index is 12.0. The highest BCUT2D eigenvalue weighted by Crippen LogP contribution is 2.20. The van der Waals surface area contributed by atoms with Gasteiger partial charge in [-0.3, -0.25) is 0 Å². The molecule has 5 heteroatoms. The maximum Gasteiger partial charge on any atom is 0.321 e. The van der Waals surface area contributed by atoms with Crippen molar-refractivity contribution >= 4 is 17.4 Å². The molecule has 1 rings (SSSR count). The number of benzene rings is 1. The van der Waals surface area contributed by atoms with E-state index >= 15 is 0 Å². The maximum absolute atomic E-state index is 12.0. The van der Waals surface area contributed by atoms with Crippen LogP contribution in [0.4, 0.5) is 16.2 Å². The van der Waals surface area contributed by atoms with Gasteiger partial charge in [-0.1, -0.05) is 0 Å². The summed E-state index contributed by atoms with van der Waals surface area (Å²) >= 11 is 0. The highest BCUT2D eigenvalue weighted by Gasteiger charge is 2.15. The molecule has 0 saturated heterocycles. The number of anilines is 2. The molecule has 0 radical (unpaired) electrons. The summed E-state index contributed by atoms with van der Waals surface area (Å²) in [6, 6.07) is 7.82. The number of urea groups is 1. The Balaban J connectivity index is 2.73. The molecule has 0 fully saturated rings. The number of nitrogens with one attached hydrogen (secondary N) is 1. The first kappa shape index (κ1) is 17.3. The van der Waals surface area contributed by atoms with Crippen LogP contribution >= 0.6 is 0 Å². The zero-order valence-corrected chi connectivity index (χ0v) is 13.6. The highest BCUT2D eigenvalue weighted by atomic mass is 16.3. The van der Waals surface area contributed by atoms with Crippen LogP contribution in [0.1, 0.15) is 27.7 Å². The first-order valence-corrected chi connectivity index (χ1v) is 7.42. The van der Waals surface area contributed by atoms with E-state index in [-0.39, 0.29) is 18.7 Å². The molecule has 1 atom stereocenters. The van der Waals surface area contributed by atoms with Crippen LogP contribution in [-0.2, 0) is 0 Å². The number of nitrogens with zero attached hydrogens (tertiary/aromatic N) is 2. The second-order valence-corrected chi connectivity index (χ2v) is 5.50. The van der Waals surface area contributed by atoms with Crippen molar-refractivity contribution in [3.63, 3.8) is 0 Å². The second-order valence-electron chi connectivity index (χ2n) is 5.50. The molecule has 2 amide bonds. The van der Waals surface area contributed by atoms with Gasteiger partial charge in [0.15, 0.2) is 0 Å². The van der Waals surface area contributed by atoms with Gasteiger partial charge in [-0.2, -0.15) is 0 Å². The number of rotatable bonds is 6. The Kier molecular flexibility index (Phi) is 6.49. The van der Waals surface area contributed by atoms with Crippen molar-refractivity contribution in [2.45, 2.75) is 39.8 Å². The Bertz CT molecular complexity index is 445. The summed E-state index contributed by atoms with van der Waals surface area (Å²) in [5, 5.41) is 11.9. The number of aliphatic hydroxyl groups is 1. The number of carbonyl (C=O) groups excluding carboxylic acids is 1. The van der Waals surface area contributed by atoms with Crippen molar-refractivity contribution in [3.05, 3.63) is 24.3 Å². The van der Waals surface area contributed by atoms with Gasteiger partial charge >= 0.3 is 6.03 Å². The molecule has 1 unspecified atom stereocenters. The van der Waals surface area contributed by atoms with Gasteiger partial charge < -0.3 is 20.2 Å². The minimum atomic E-state index is -0.222. The zero-order valence-electron chi connectivity index (χ0n) is 13.6. The van der Waals surface area contributed by atoms with Crippen LogP contribution in [-0.4, -0.2) is 48.3 Å². The minimum Gasteiger partial charge on any atom is -0.394 e. The van der Waals surface area contributed by atoms with Gasteiger partial charge in [0.05, 0.1) is 12.6 Å². The van der Waals surface area contributed by atoms with E-state index in [1.165, 1.54) is 4.90 Å². The van der Waals surface area contributed by atoms with Crippen LogP contribution in [0.25, 0.3) is 0 Å². The molecule has 21 heavy (non-hydrogen) atoms. The number of hydrogen-bond donors (Lipinski definition) is 2. The molecule has 1 aromatic rings. The Morgan fingerprint density at radius 1 is 1.24 bits per heavy atom. The van der Waals surface area contributed by atoms with E-state index in [0.717, 1.165) is 17.9 Å². The van der Waals surface area contributed by atoms with Gasteiger partial charge in [0.1, 0.15) is 0 Å². The van der Waals surface area contributed by atoms with E-state index in [9.17, 15) is 4.79 Å². The quantitative estimate of drug-likeness (QED) is 0.848. The van der Waals surface area contributed by atoms with Crippen molar-refractivity contribution in [2.75, 3.05) is 30.4 Å². The van der Waals surface area contributed by atoms with Crippen LogP contribution in [0.2, 0.25) is 0 Å². The molecule has 0 aliphatic carbocycles. The normalized spacial score (nSPS) is 12.1. The average molecular weight is 293 g/mol. The molecule has 5 nitrogen and oxygen atoms in total. The summed E-state index contributed by atoms with van der Waals surface area (Å²) in [7, 11) is 1.67. The zero-order chi connectivity index (χ0) is 16.0. The van der Waals surface area contributed by atoms with E-state index in [4.69, 9.17) is 5.11 Å². The van der Waals surface area contributed by atoms with Crippen LogP contribution in [0.5, 0.6) is 0 Å². The number of likely N-dealkylation sites (N-methyl/N-ethyl adjacent to an activating group) is 1. The number of hydrogen-bond acceptors (Lipinski definition) is 3. The lowest BCUT2D eigenvalue weighted by molar-refractivity contribution is 0.166. The van der Waals surface area contributed by atoms with Gasteiger partial charge in [-0.05, 0) is 52.0 Å².